The molecule has 0 rings (SSSR count). The van der Waals surface area contributed by atoms with E-state index >= 15 is 0 Å². The van der Waals surface area contributed by atoms with Gasteiger partial charge in [-0.3, -0.25) is 4.79 Å². The average molecular weight is 242 g/mol. The van der Waals surface area contributed by atoms with E-state index in [2.05, 4.69) is 16.6 Å². The molecule has 96 valence electrons. The first-order chi connectivity index (χ1) is 7.76. The molecule has 17 heavy (non-hydrogen) atoms. The van der Waals surface area contributed by atoms with Gasteiger partial charge in [0.15, 0.2) is 0 Å². The number of amides is 2. The Labute approximate surface area is 100 Å². The minimum atomic E-state index is -1.47. The van der Waals surface area contributed by atoms with Crippen molar-refractivity contribution in [3.63, 3.8) is 0 Å². The van der Waals surface area contributed by atoms with E-state index in [1.165, 1.54) is 6.92 Å². The Morgan fingerprint density at radius 3 is 2.59 bits per heavy atom. The first-order valence-corrected chi connectivity index (χ1v) is 5.19. The van der Waals surface area contributed by atoms with E-state index in [-0.39, 0.29) is 12.6 Å². The number of urea groups is 1. The standard InChI is InChI=1S/C11H18N2O4/c1-4-5-8(2)13-10(16)12-7-11(3,17)6-9(14)15/h1,8,17H,5-7H2,2-3H3,(H,14,15)(H2,12,13,16). The number of carbonyl (C=O) groups excluding carboxylic acids is 1. The molecule has 6 heteroatoms. The monoisotopic (exact) mass is 242 g/mol. The first-order valence-electron chi connectivity index (χ1n) is 5.19. The third-order valence-electron chi connectivity index (χ3n) is 1.96. The second-order valence-corrected chi connectivity index (χ2v) is 4.20. The van der Waals surface area contributed by atoms with Gasteiger partial charge < -0.3 is 20.8 Å². The molecule has 2 unspecified atom stereocenters. The molecular formula is C11H18N2O4. The first kappa shape index (κ1) is 15.3. The molecular weight excluding hydrogens is 224 g/mol. The smallest absolute Gasteiger partial charge is 0.315 e. The van der Waals surface area contributed by atoms with Gasteiger partial charge in [0.2, 0.25) is 0 Å². The second-order valence-electron chi connectivity index (χ2n) is 4.20. The summed E-state index contributed by atoms with van der Waals surface area (Å²) < 4.78 is 0. The van der Waals surface area contributed by atoms with Crippen LogP contribution >= 0.6 is 0 Å². The van der Waals surface area contributed by atoms with E-state index in [9.17, 15) is 14.7 Å². The summed E-state index contributed by atoms with van der Waals surface area (Å²) in [5.41, 5.74) is -1.47. The highest BCUT2D eigenvalue weighted by Gasteiger charge is 2.24. The van der Waals surface area contributed by atoms with Crippen LogP contribution in [0.1, 0.15) is 26.7 Å². The van der Waals surface area contributed by atoms with E-state index in [1.807, 2.05) is 0 Å². The predicted molar refractivity (Wildman–Crippen MR) is 62.3 cm³/mol. The molecule has 0 saturated heterocycles. The Bertz CT molecular complexity index is 320. The zero-order valence-corrected chi connectivity index (χ0v) is 9.99. The number of terminal acetylenes is 1. The van der Waals surface area contributed by atoms with Crippen LogP contribution in [0.2, 0.25) is 0 Å². The SMILES string of the molecule is C#CCC(C)NC(=O)NCC(C)(O)CC(=O)O. The molecule has 0 aromatic rings. The van der Waals surface area contributed by atoms with Crippen molar-refractivity contribution in [1.29, 1.82) is 0 Å². The zero-order valence-electron chi connectivity index (χ0n) is 9.99. The molecule has 0 aromatic heterocycles. The summed E-state index contributed by atoms with van der Waals surface area (Å²) >= 11 is 0. The van der Waals surface area contributed by atoms with Gasteiger partial charge in [0.05, 0.1) is 12.0 Å². The quantitative estimate of drug-likeness (QED) is 0.490. The van der Waals surface area contributed by atoms with Gasteiger partial charge in [-0.25, -0.2) is 4.79 Å². The molecule has 0 spiro atoms. The fraction of sp³-hybridized carbons (Fsp3) is 0.636. The van der Waals surface area contributed by atoms with E-state index in [4.69, 9.17) is 11.5 Å². The third-order valence-corrected chi connectivity index (χ3v) is 1.96. The van der Waals surface area contributed by atoms with Crippen LogP contribution < -0.4 is 10.6 Å². The highest BCUT2D eigenvalue weighted by atomic mass is 16.4. The summed E-state index contributed by atoms with van der Waals surface area (Å²) in [4.78, 5) is 21.7. The number of carbonyl (C=O) groups is 2. The van der Waals surface area contributed by atoms with Crippen LogP contribution in [0.15, 0.2) is 0 Å². The number of aliphatic hydroxyl groups is 1. The van der Waals surface area contributed by atoms with E-state index in [1.54, 1.807) is 6.92 Å². The van der Waals surface area contributed by atoms with Crippen LogP contribution in [0.25, 0.3) is 0 Å². The lowest BCUT2D eigenvalue weighted by molar-refractivity contribution is -0.141. The summed E-state index contributed by atoms with van der Waals surface area (Å²) in [5, 5.41) is 23.1. The van der Waals surface area contributed by atoms with Crippen molar-refractivity contribution < 1.29 is 19.8 Å². The molecule has 6 nitrogen and oxygen atoms in total. The number of carboxylic acids is 1. The Morgan fingerprint density at radius 1 is 1.53 bits per heavy atom. The topological polar surface area (TPSA) is 98.7 Å². The van der Waals surface area contributed by atoms with Crippen LogP contribution in [-0.2, 0) is 4.79 Å². The maximum atomic E-state index is 11.3. The minimum absolute atomic E-state index is 0.145. The van der Waals surface area contributed by atoms with Crippen molar-refractivity contribution in [2.45, 2.75) is 38.3 Å². The summed E-state index contributed by atoms with van der Waals surface area (Å²) in [6.45, 7) is 2.94. The van der Waals surface area contributed by atoms with Gasteiger partial charge in [0.1, 0.15) is 0 Å². The Morgan fingerprint density at radius 2 is 2.12 bits per heavy atom. The lowest BCUT2D eigenvalue weighted by Crippen LogP contribution is -2.47. The number of rotatable bonds is 6. The molecule has 2 amide bonds. The van der Waals surface area contributed by atoms with E-state index < -0.39 is 24.0 Å². The summed E-state index contributed by atoms with van der Waals surface area (Å²) in [6.07, 6.45) is 5.04. The van der Waals surface area contributed by atoms with Gasteiger partial charge in [-0.05, 0) is 13.8 Å². The molecule has 0 heterocycles. The molecule has 4 N–H and O–H groups in total. The Balaban J connectivity index is 3.99. The van der Waals surface area contributed by atoms with Crippen LogP contribution in [0, 0.1) is 12.3 Å². The van der Waals surface area contributed by atoms with Crippen molar-refractivity contribution in [2.24, 2.45) is 0 Å². The average Bonchev–Trinajstić information content (AvgIpc) is 2.13. The van der Waals surface area contributed by atoms with Crippen LogP contribution in [0.4, 0.5) is 4.79 Å². The number of carboxylic acid groups (broad SMARTS) is 1. The molecule has 0 saturated carbocycles. The summed E-state index contributed by atoms with van der Waals surface area (Å²) in [5.74, 6) is 1.27. The van der Waals surface area contributed by atoms with Crippen molar-refractivity contribution in [2.75, 3.05) is 6.54 Å². The van der Waals surface area contributed by atoms with Gasteiger partial charge in [0.25, 0.3) is 0 Å². The van der Waals surface area contributed by atoms with Crippen LogP contribution in [0.5, 0.6) is 0 Å². The zero-order chi connectivity index (χ0) is 13.5. The van der Waals surface area contributed by atoms with Gasteiger partial charge in [-0.2, -0.15) is 0 Å². The van der Waals surface area contributed by atoms with Gasteiger partial charge in [-0.15, -0.1) is 12.3 Å². The van der Waals surface area contributed by atoms with Crippen molar-refractivity contribution in [1.82, 2.24) is 10.6 Å². The molecule has 0 aliphatic carbocycles. The van der Waals surface area contributed by atoms with E-state index in [0.717, 1.165) is 0 Å². The van der Waals surface area contributed by atoms with E-state index in [0.29, 0.717) is 6.42 Å². The normalized spacial score (nSPS) is 15.2. The maximum absolute atomic E-state index is 11.3. The molecule has 0 fully saturated rings. The van der Waals surface area contributed by atoms with Crippen LogP contribution in [0.3, 0.4) is 0 Å². The number of hydrogen-bond donors (Lipinski definition) is 4. The van der Waals surface area contributed by atoms with Crippen molar-refractivity contribution in [3.8, 4) is 12.3 Å². The lowest BCUT2D eigenvalue weighted by atomic mass is 10.0. The molecule has 0 aliphatic heterocycles. The fourth-order valence-electron chi connectivity index (χ4n) is 1.16. The third kappa shape index (κ3) is 8.11. The number of nitrogens with one attached hydrogen (secondary N) is 2. The van der Waals surface area contributed by atoms with Crippen molar-refractivity contribution in [3.05, 3.63) is 0 Å². The van der Waals surface area contributed by atoms with Gasteiger partial charge >= 0.3 is 12.0 Å². The van der Waals surface area contributed by atoms with Crippen LogP contribution in [-0.4, -0.2) is 40.4 Å². The Hall–Kier alpha value is -1.74. The highest BCUT2D eigenvalue weighted by Crippen LogP contribution is 2.07. The summed E-state index contributed by atoms with van der Waals surface area (Å²) in [6, 6.07) is -0.664. The summed E-state index contributed by atoms with van der Waals surface area (Å²) in [7, 11) is 0. The lowest BCUT2D eigenvalue weighted by Gasteiger charge is -2.22. The molecule has 0 radical (unpaired) electrons. The largest absolute Gasteiger partial charge is 0.481 e. The molecule has 2 atom stereocenters. The van der Waals surface area contributed by atoms with Gasteiger partial charge in [0, 0.05) is 19.0 Å². The highest BCUT2D eigenvalue weighted by molar-refractivity contribution is 5.74. The fourth-order valence-corrected chi connectivity index (χ4v) is 1.16. The van der Waals surface area contributed by atoms with Crippen molar-refractivity contribution >= 4 is 12.0 Å². The number of hydrogen-bond acceptors (Lipinski definition) is 3. The Kier molecular flexibility index (Phi) is 6.07. The van der Waals surface area contributed by atoms with Gasteiger partial charge in [-0.1, -0.05) is 0 Å². The molecule has 0 bridgehead atoms. The number of aliphatic carboxylic acids is 1. The second kappa shape index (κ2) is 6.76. The molecule has 0 aromatic carbocycles. The minimum Gasteiger partial charge on any atom is -0.481 e. The maximum Gasteiger partial charge on any atom is 0.315 e. The predicted octanol–water partition coefficient (Wildman–Crippen LogP) is -0.0769. The molecule has 0 aliphatic rings.